The van der Waals surface area contributed by atoms with Crippen LogP contribution in [0.1, 0.15) is 32.3 Å². The molecule has 2 atom stereocenters. The highest BCUT2D eigenvalue weighted by atomic mass is 32.2. The Balaban J connectivity index is 2.59. The zero-order chi connectivity index (χ0) is 18.6. The fourth-order valence-corrected chi connectivity index (χ4v) is 5.28. The monoisotopic (exact) mass is 382 g/mol. The van der Waals surface area contributed by atoms with Gasteiger partial charge in [0.2, 0.25) is 11.7 Å². The van der Waals surface area contributed by atoms with E-state index in [0.717, 1.165) is 17.5 Å². The number of carbonyl (C=O) groups excluding carboxylic acids is 1. The molecule has 2 rings (SSSR count). The average molecular weight is 383 g/mol. The van der Waals surface area contributed by atoms with Gasteiger partial charge < -0.3 is 4.74 Å². The van der Waals surface area contributed by atoms with Crippen LogP contribution in [0, 0.1) is 16.0 Å². The number of nitro groups is 1. The van der Waals surface area contributed by atoms with Crippen molar-refractivity contribution in [2.75, 3.05) is 19.4 Å². The third kappa shape index (κ3) is 4.00. The summed E-state index contributed by atoms with van der Waals surface area (Å²) in [4.78, 5) is 28.7. The number of carbonyl (C=O) groups is 1. The molecule has 136 valence electrons. The van der Waals surface area contributed by atoms with Gasteiger partial charge in [-0.15, -0.1) is 0 Å². The van der Waals surface area contributed by atoms with Crippen LogP contribution in [0.15, 0.2) is 29.3 Å². The van der Waals surface area contributed by atoms with E-state index in [-0.39, 0.29) is 22.5 Å². The first-order valence-electron chi connectivity index (χ1n) is 8.05. The van der Waals surface area contributed by atoms with Crippen LogP contribution in [0.4, 0.5) is 0 Å². The number of thioether (sulfide) groups is 2. The molecule has 0 aromatic heterocycles. The van der Waals surface area contributed by atoms with Crippen molar-refractivity contribution in [1.29, 1.82) is 0 Å². The van der Waals surface area contributed by atoms with Crippen molar-refractivity contribution in [3.05, 3.63) is 39.9 Å². The number of methoxy groups -OCH3 is 1. The summed E-state index contributed by atoms with van der Waals surface area (Å²) in [5.74, 6) is 0.591. The molecule has 0 unspecified atom stereocenters. The second kappa shape index (κ2) is 8.23. The van der Waals surface area contributed by atoms with Crippen LogP contribution in [-0.4, -0.2) is 39.4 Å². The van der Waals surface area contributed by atoms with Crippen molar-refractivity contribution < 1.29 is 14.5 Å². The highest BCUT2D eigenvalue weighted by Gasteiger charge is 2.55. The maximum Gasteiger partial charge on any atom is 0.224 e. The van der Waals surface area contributed by atoms with Gasteiger partial charge in [0.1, 0.15) is 15.7 Å². The number of aliphatic imine (C=N–C) groups is 1. The first kappa shape index (κ1) is 19.8. The highest BCUT2D eigenvalue weighted by molar-refractivity contribution is 8.45. The standard InChI is InChI=1S/C17H22N2O4S2/c1-5-24-16-18-17(11(2)3,15(20)25-16)14(10-19(21)22)12-7-6-8-13(9-12)23-4/h6-9,11,14H,5,10H2,1-4H3/t14-,17+/m1/s1. The Labute approximate surface area is 156 Å². The van der Waals surface area contributed by atoms with Crippen molar-refractivity contribution in [3.8, 4) is 5.75 Å². The van der Waals surface area contributed by atoms with Gasteiger partial charge in [0.25, 0.3) is 0 Å². The molecule has 0 fully saturated rings. The van der Waals surface area contributed by atoms with E-state index in [1.165, 1.54) is 11.8 Å². The van der Waals surface area contributed by atoms with Crippen molar-refractivity contribution >= 4 is 33.0 Å². The Hall–Kier alpha value is -1.54. The third-order valence-electron chi connectivity index (χ3n) is 4.29. The number of hydrogen-bond donors (Lipinski definition) is 0. The number of benzene rings is 1. The second-order valence-electron chi connectivity index (χ2n) is 6.02. The first-order valence-corrected chi connectivity index (χ1v) is 9.86. The van der Waals surface area contributed by atoms with E-state index in [0.29, 0.717) is 15.7 Å². The first-order chi connectivity index (χ1) is 11.8. The topological polar surface area (TPSA) is 81.8 Å². The number of rotatable bonds is 7. The summed E-state index contributed by atoms with van der Waals surface area (Å²) < 4.78 is 5.94. The fourth-order valence-electron chi connectivity index (χ4n) is 3.06. The van der Waals surface area contributed by atoms with E-state index in [1.54, 1.807) is 31.4 Å². The van der Waals surface area contributed by atoms with Crippen molar-refractivity contribution in [2.45, 2.75) is 32.2 Å². The molecule has 1 aromatic carbocycles. The molecule has 1 aliphatic heterocycles. The van der Waals surface area contributed by atoms with Crippen LogP contribution < -0.4 is 4.74 Å². The van der Waals surface area contributed by atoms with E-state index in [9.17, 15) is 14.9 Å². The molecule has 8 heteroatoms. The summed E-state index contributed by atoms with van der Waals surface area (Å²) in [6.45, 7) is 5.43. The summed E-state index contributed by atoms with van der Waals surface area (Å²) in [6.07, 6.45) is 0. The predicted octanol–water partition coefficient (Wildman–Crippen LogP) is 3.83. The lowest BCUT2D eigenvalue weighted by atomic mass is 9.73. The van der Waals surface area contributed by atoms with Gasteiger partial charge in [-0.2, -0.15) is 0 Å². The number of hydrogen-bond acceptors (Lipinski definition) is 7. The van der Waals surface area contributed by atoms with Gasteiger partial charge in [-0.1, -0.05) is 44.7 Å². The van der Waals surface area contributed by atoms with Crippen molar-refractivity contribution in [2.24, 2.45) is 10.9 Å². The molecular formula is C17H22N2O4S2. The fraction of sp³-hybridized carbons (Fsp3) is 0.529. The van der Waals surface area contributed by atoms with Crippen LogP contribution in [0.3, 0.4) is 0 Å². The SMILES string of the molecule is CCSC1=N[C@@](C(C)C)([C@H](C[N+](=O)[O-])c2cccc(OC)c2)C(=O)S1. The largest absolute Gasteiger partial charge is 0.497 e. The molecule has 25 heavy (non-hydrogen) atoms. The summed E-state index contributed by atoms with van der Waals surface area (Å²) >= 11 is 2.60. The average Bonchev–Trinajstić information content (AvgIpc) is 2.90. The Bertz CT molecular complexity index is 693. The van der Waals surface area contributed by atoms with E-state index < -0.39 is 11.5 Å². The molecule has 0 radical (unpaired) electrons. The van der Waals surface area contributed by atoms with Gasteiger partial charge in [0.05, 0.1) is 13.0 Å². The van der Waals surface area contributed by atoms with Gasteiger partial charge in [0, 0.05) is 4.92 Å². The zero-order valence-corrected chi connectivity index (χ0v) is 16.4. The second-order valence-corrected chi connectivity index (χ2v) is 8.50. The lowest BCUT2D eigenvalue weighted by molar-refractivity contribution is -0.484. The van der Waals surface area contributed by atoms with Crippen LogP contribution >= 0.6 is 23.5 Å². The van der Waals surface area contributed by atoms with Gasteiger partial charge in [-0.05, 0) is 41.1 Å². The van der Waals surface area contributed by atoms with Gasteiger partial charge in [-0.3, -0.25) is 19.9 Å². The maximum atomic E-state index is 13.0. The lowest BCUT2D eigenvalue weighted by Gasteiger charge is -2.34. The summed E-state index contributed by atoms with van der Waals surface area (Å²) in [6, 6.07) is 7.13. The number of ether oxygens (including phenoxy) is 1. The molecule has 0 aliphatic carbocycles. The van der Waals surface area contributed by atoms with Gasteiger partial charge >= 0.3 is 0 Å². The Morgan fingerprint density at radius 2 is 2.16 bits per heavy atom. The molecule has 0 saturated carbocycles. The van der Waals surface area contributed by atoms with E-state index in [1.807, 2.05) is 20.8 Å². The zero-order valence-electron chi connectivity index (χ0n) is 14.7. The van der Waals surface area contributed by atoms with Crippen LogP contribution in [0.25, 0.3) is 0 Å². The Kier molecular flexibility index (Phi) is 6.51. The van der Waals surface area contributed by atoms with Gasteiger partial charge in [-0.25, -0.2) is 0 Å². The van der Waals surface area contributed by atoms with Gasteiger partial charge in [0.15, 0.2) is 0 Å². The predicted molar refractivity (Wildman–Crippen MR) is 103 cm³/mol. The van der Waals surface area contributed by atoms with Crippen LogP contribution in [0.2, 0.25) is 0 Å². The molecule has 0 N–H and O–H groups in total. The smallest absolute Gasteiger partial charge is 0.224 e. The van der Waals surface area contributed by atoms with Crippen LogP contribution in [-0.2, 0) is 4.79 Å². The maximum absolute atomic E-state index is 13.0. The minimum absolute atomic E-state index is 0.117. The summed E-state index contributed by atoms with van der Waals surface area (Å²) in [7, 11) is 1.55. The van der Waals surface area contributed by atoms with Crippen molar-refractivity contribution in [3.63, 3.8) is 0 Å². The molecular weight excluding hydrogens is 360 g/mol. The summed E-state index contributed by atoms with van der Waals surface area (Å²) in [5, 5.41) is 11.3. The van der Waals surface area contributed by atoms with Crippen molar-refractivity contribution in [1.82, 2.24) is 0 Å². The molecule has 6 nitrogen and oxygen atoms in total. The molecule has 0 amide bonds. The minimum atomic E-state index is -1.14. The summed E-state index contributed by atoms with van der Waals surface area (Å²) in [5.41, 5.74) is -0.438. The lowest BCUT2D eigenvalue weighted by Crippen LogP contribution is -2.46. The van der Waals surface area contributed by atoms with E-state index in [4.69, 9.17) is 9.73 Å². The van der Waals surface area contributed by atoms with Crippen LogP contribution in [0.5, 0.6) is 5.75 Å². The Morgan fingerprint density at radius 3 is 2.72 bits per heavy atom. The number of nitrogens with zero attached hydrogens (tertiary/aromatic N) is 2. The molecule has 1 aliphatic rings. The molecule has 1 aromatic rings. The Morgan fingerprint density at radius 1 is 1.44 bits per heavy atom. The normalized spacial score (nSPS) is 21.3. The molecule has 0 spiro atoms. The van der Waals surface area contributed by atoms with E-state index >= 15 is 0 Å². The molecule has 0 saturated heterocycles. The molecule has 0 bridgehead atoms. The quantitative estimate of drug-likeness (QED) is 0.526. The van der Waals surface area contributed by atoms with E-state index in [2.05, 4.69) is 0 Å². The minimum Gasteiger partial charge on any atom is -0.497 e. The molecule has 1 heterocycles. The third-order valence-corrected chi connectivity index (χ3v) is 6.30. The highest BCUT2D eigenvalue weighted by Crippen LogP contribution is 2.48.